The maximum absolute atomic E-state index is 5.97. The van der Waals surface area contributed by atoms with E-state index in [1.165, 1.54) is 0 Å². The number of rotatable bonds is 5. The van der Waals surface area contributed by atoms with Crippen LogP contribution in [0.4, 0.5) is 0 Å². The van der Waals surface area contributed by atoms with Crippen LogP contribution in [-0.4, -0.2) is 17.1 Å². The Kier molecular flexibility index (Phi) is 3.94. The SMILES string of the molecule is CCC(C)(CN)OCc1ccnc2ccccc12. The Morgan fingerprint density at radius 2 is 2.06 bits per heavy atom. The van der Waals surface area contributed by atoms with E-state index in [4.69, 9.17) is 10.5 Å². The van der Waals surface area contributed by atoms with Gasteiger partial charge in [0.2, 0.25) is 0 Å². The Hall–Kier alpha value is -1.45. The molecule has 0 fully saturated rings. The number of hydrogen-bond acceptors (Lipinski definition) is 3. The van der Waals surface area contributed by atoms with Crippen molar-refractivity contribution in [1.82, 2.24) is 4.98 Å². The van der Waals surface area contributed by atoms with E-state index in [-0.39, 0.29) is 5.60 Å². The van der Waals surface area contributed by atoms with E-state index in [0.717, 1.165) is 22.9 Å². The molecule has 1 atom stereocenters. The quantitative estimate of drug-likeness (QED) is 0.879. The van der Waals surface area contributed by atoms with Crippen molar-refractivity contribution in [1.29, 1.82) is 0 Å². The summed E-state index contributed by atoms with van der Waals surface area (Å²) in [6.07, 6.45) is 2.74. The molecule has 1 unspecified atom stereocenters. The van der Waals surface area contributed by atoms with Crippen molar-refractivity contribution in [3.05, 3.63) is 42.1 Å². The third kappa shape index (κ3) is 2.68. The summed E-state index contributed by atoms with van der Waals surface area (Å²) >= 11 is 0. The van der Waals surface area contributed by atoms with Crippen LogP contribution >= 0.6 is 0 Å². The molecule has 0 saturated carbocycles. The average molecular weight is 244 g/mol. The normalized spacial score (nSPS) is 14.6. The van der Waals surface area contributed by atoms with Gasteiger partial charge in [0.05, 0.1) is 17.7 Å². The fraction of sp³-hybridized carbons (Fsp3) is 0.400. The van der Waals surface area contributed by atoms with Crippen molar-refractivity contribution in [3.63, 3.8) is 0 Å². The van der Waals surface area contributed by atoms with Crippen LogP contribution in [0.25, 0.3) is 10.9 Å². The van der Waals surface area contributed by atoms with E-state index in [2.05, 4.69) is 24.9 Å². The standard InChI is InChI=1S/C15H20N2O/c1-3-15(2,11-16)18-10-12-8-9-17-14-7-5-4-6-13(12)14/h4-9H,3,10-11,16H2,1-2H3. The highest BCUT2D eigenvalue weighted by Gasteiger charge is 2.20. The van der Waals surface area contributed by atoms with E-state index in [9.17, 15) is 0 Å². The van der Waals surface area contributed by atoms with Crippen LogP contribution in [0.3, 0.4) is 0 Å². The number of ether oxygens (including phenoxy) is 1. The molecule has 1 aromatic heterocycles. The van der Waals surface area contributed by atoms with Gasteiger partial charge in [0.1, 0.15) is 0 Å². The Labute approximate surface area is 108 Å². The zero-order valence-electron chi connectivity index (χ0n) is 11.0. The van der Waals surface area contributed by atoms with Crippen LogP contribution in [0, 0.1) is 0 Å². The molecular formula is C15H20N2O. The van der Waals surface area contributed by atoms with Crippen LogP contribution in [0.5, 0.6) is 0 Å². The molecule has 3 heteroatoms. The summed E-state index contributed by atoms with van der Waals surface area (Å²) in [4.78, 5) is 4.35. The molecule has 18 heavy (non-hydrogen) atoms. The molecule has 3 nitrogen and oxygen atoms in total. The second-order valence-corrected chi connectivity index (χ2v) is 4.78. The van der Waals surface area contributed by atoms with Gasteiger partial charge >= 0.3 is 0 Å². The minimum Gasteiger partial charge on any atom is -0.369 e. The van der Waals surface area contributed by atoms with E-state index in [1.807, 2.05) is 30.5 Å². The van der Waals surface area contributed by atoms with Gasteiger partial charge in [-0.3, -0.25) is 4.98 Å². The van der Waals surface area contributed by atoms with Crippen LogP contribution in [0.2, 0.25) is 0 Å². The lowest BCUT2D eigenvalue weighted by Crippen LogP contribution is -2.36. The zero-order chi connectivity index (χ0) is 13.0. The summed E-state index contributed by atoms with van der Waals surface area (Å²) in [5, 5.41) is 1.15. The van der Waals surface area contributed by atoms with Gasteiger partial charge in [-0.15, -0.1) is 0 Å². The molecule has 1 aromatic carbocycles. The third-order valence-electron chi connectivity index (χ3n) is 3.50. The fourth-order valence-corrected chi connectivity index (χ4v) is 1.84. The Bertz CT molecular complexity index is 515. The first-order valence-corrected chi connectivity index (χ1v) is 6.35. The predicted molar refractivity (Wildman–Crippen MR) is 74.3 cm³/mol. The number of nitrogens with two attached hydrogens (primary N) is 1. The number of hydrogen-bond donors (Lipinski definition) is 1. The van der Waals surface area contributed by atoms with Crippen molar-refractivity contribution in [2.45, 2.75) is 32.5 Å². The van der Waals surface area contributed by atoms with Crippen LogP contribution < -0.4 is 5.73 Å². The number of nitrogens with zero attached hydrogens (tertiary/aromatic N) is 1. The van der Waals surface area contributed by atoms with Gasteiger partial charge in [-0.05, 0) is 31.0 Å². The van der Waals surface area contributed by atoms with Crippen molar-refractivity contribution in [2.24, 2.45) is 5.73 Å². The maximum atomic E-state index is 5.97. The number of pyridine rings is 1. The molecule has 2 aromatic rings. The van der Waals surface area contributed by atoms with Gasteiger partial charge in [0, 0.05) is 18.1 Å². The second kappa shape index (κ2) is 5.46. The molecule has 2 rings (SSSR count). The van der Waals surface area contributed by atoms with E-state index in [0.29, 0.717) is 13.2 Å². The summed E-state index contributed by atoms with van der Waals surface area (Å²) in [6.45, 7) is 5.25. The number of para-hydroxylation sites is 1. The van der Waals surface area contributed by atoms with Crippen LogP contribution in [0.1, 0.15) is 25.8 Å². The Morgan fingerprint density at radius 1 is 1.28 bits per heavy atom. The van der Waals surface area contributed by atoms with E-state index in [1.54, 1.807) is 0 Å². The van der Waals surface area contributed by atoms with Gasteiger partial charge in [0.25, 0.3) is 0 Å². The topological polar surface area (TPSA) is 48.1 Å². The molecule has 0 aliphatic heterocycles. The monoisotopic (exact) mass is 244 g/mol. The molecule has 0 amide bonds. The highest BCUT2D eigenvalue weighted by molar-refractivity contribution is 5.81. The van der Waals surface area contributed by atoms with Gasteiger partial charge in [-0.1, -0.05) is 25.1 Å². The van der Waals surface area contributed by atoms with Crippen molar-refractivity contribution < 1.29 is 4.74 Å². The summed E-state index contributed by atoms with van der Waals surface area (Å²) in [6, 6.07) is 10.1. The van der Waals surface area contributed by atoms with Crippen LogP contribution in [0.15, 0.2) is 36.5 Å². The smallest absolute Gasteiger partial charge is 0.0778 e. The fourth-order valence-electron chi connectivity index (χ4n) is 1.84. The first-order chi connectivity index (χ1) is 8.68. The number of fused-ring (bicyclic) bond motifs is 1. The third-order valence-corrected chi connectivity index (χ3v) is 3.50. The second-order valence-electron chi connectivity index (χ2n) is 4.78. The maximum Gasteiger partial charge on any atom is 0.0778 e. The largest absolute Gasteiger partial charge is 0.369 e. The molecule has 0 spiro atoms. The average Bonchev–Trinajstić information content (AvgIpc) is 2.44. The minimum absolute atomic E-state index is 0.246. The molecule has 0 saturated heterocycles. The lowest BCUT2D eigenvalue weighted by molar-refractivity contribution is -0.0383. The molecule has 0 bridgehead atoms. The molecule has 0 aliphatic carbocycles. The number of benzene rings is 1. The Morgan fingerprint density at radius 3 is 2.78 bits per heavy atom. The lowest BCUT2D eigenvalue weighted by atomic mass is 10.0. The van der Waals surface area contributed by atoms with E-state index >= 15 is 0 Å². The molecule has 1 heterocycles. The van der Waals surface area contributed by atoms with Gasteiger partial charge in [-0.2, -0.15) is 0 Å². The summed E-state index contributed by atoms with van der Waals surface area (Å²) in [7, 11) is 0. The molecular weight excluding hydrogens is 224 g/mol. The highest BCUT2D eigenvalue weighted by atomic mass is 16.5. The number of aromatic nitrogens is 1. The first kappa shape index (κ1) is 13.0. The van der Waals surface area contributed by atoms with Crippen LogP contribution in [-0.2, 0) is 11.3 Å². The summed E-state index contributed by atoms with van der Waals surface area (Å²) in [5.74, 6) is 0. The Balaban J connectivity index is 2.22. The van der Waals surface area contributed by atoms with Crippen molar-refractivity contribution in [2.75, 3.05) is 6.54 Å². The van der Waals surface area contributed by atoms with Gasteiger partial charge < -0.3 is 10.5 Å². The van der Waals surface area contributed by atoms with E-state index < -0.39 is 0 Å². The van der Waals surface area contributed by atoms with Crippen molar-refractivity contribution in [3.8, 4) is 0 Å². The molecule has 0 aliphatic rings. The summed E-state index contributed by atoms with van der Waals surface area (Å²) in [5.41, 5.74) is 7.68. The predicted octanol–water partition coefficient (Wildman–Crippen LogP) is 2.88. The first-order valence-electron chi connectivity index (χ1n) is 6.35. The van der Waals surface area contributed by atoms with Gasteiger partial charge in [-0.25, -0.2) is 0 Å². The summed E-state index contributed by atoms with van der Waals surface area (Å²) < 4.78 is 5.97. The molecule has 0 radical (unpaired) electrons. The van der Waals surface area contributed by atoms with Crippen molar-refractivity contribution >= 4 is 10.9 Å². The highest BCUT2D eigenvalue weighted by Crippen LogP contribution is 2.21. The minimum atomic E-state index is -0.246. The molecule has 2 N–H and O–H groups in total. The van der Waals surface area contributed by atoms with Gasteiger partial charge in [0.15, 0.2) is 0 Å². The molecule has 96 valence electrons. The zero-order valence-corrected chi connectivity index (χ0v) is 11.0. The lowest BCUT2D eigenvalue weighted by Gasteiger charge is -2.27.